The average molecular weight is 601 g/mol. The van der Waals surface area contributed by atoms with Gasteiger partial charge < -0.3 is 28.7 Å². The zero-order valence-electron chi connectivity index (χ0n) is 25.0. The maximum atomic E-state index is 14.6. The van der Waals surface area contributed by atoms with Crippen molar-refractivity contribution >= 4 is 34.7 Å². The van der Waals surface area contributed by atoms with Crippen molar-refractivity contribution < 1.29 is 19.1 Å². The number of ether oxygens (including phenoxy) is 2. The van der Waals surface area contributed by atoms with Crippen LogP contribution in [0.3, 0.4) is 0 Å². The van der Waals surface area contributed by atoms with Crippen LogP contribution >= 0.6 is 11.6 Å². The molecule has 6 rings (SSSR count). The summed E-state index contributed by atoms with van der Waals surface area (Å²) in [6, 6.07) is 21.8. The van der Waals surface area contributed by atoms with Gasteiger partial charge in [-0.1, -0.05) is 60.1 Å². The van der Waals surface area contributed by atoms with Crippen LogP contribution in [-0.2, 0) is 27.4 Å². The van der Waals surface area contributed by atoms with E-state index in [-0.39, 0.29) is 24.8 Å². The number of hydrogen-bond acceptors (Lipinski definition) is 5. The zero-order chi connectivity index (χ0) is 30.3. The van der Waals surface area contributed by atoms with Crippen molar-refractivity contribution in [1.82, 2.24) is 14.4 Å². The highest BCUT2D eigenvalue weighted by Gasteiger charge is 2.45. The van der Waals surface area contributed by atoms with Gasteiger partial charge in [-0.15, -0.1) is 0 Å². The Morgan fingerprint density at radius 1 is 0.930 bits per heavy atom. The second-order valence-electron chi connectivity index (χ2n) is 11.6. The molecule has 0 N–H and O–H groups in total. The molecule has 9 heteroatoms. The fourth-order valence-electron chi connectivity index (χ4n) is 6.47. The first kappa shape index (κ1) is 29.4. The molecule has 43 heavy (non-hydrogen) atoms. The van der Waals surface area contributed by atoms with Crippen LogP contribution in [0.25, 0.3) is 5.57 Å². The van der Waals surface area contributed by atoms with E-state index in [0.29, 0.717) is 35.4 Å². The molecule has 2 aromatic carbocycles. The number of amides is 2. The van der Waals surface area contributed by atoms with Crippen molar-refractivity contribution in [2.75, 3.05) is 46.3 Å². The van der Waals surface area contributed by atoms with Crippen molar-refractivity contribution in [3.8, 4) is 0 Å². The Labute approximate surface area is 257 Å². The van der Waals surface area contributed by atoms with Crippen LogP contribution in [-0.4, -0.2) is 79.4 Å². The molecule has 0 saturated carbocycles. The van der Waals surface area contributed by atoms with Gasteiger partial charge in [0.2, 0.25) is 5.79 Å². The smallest absolute Gasteiger partial charge is 0.270 e. The third kappa shape index (κ3) is 5.23. The number of aromatic nitrogens is 1. The van der Waals surface area contributed by atoms with Gasteiger partial charge in [0.15, 0.2) is 0 Å². The SMILES string of the molecule is COC1(OC)CC(c2ccccc2)=C(Cl)C=C1C(=O)N1Cc2ccc(C(=O)N3CC[C@@H](N(C)C)C3)n2Cc2ccccc21. The van der Waals surface area contributed by atoms with E-state index in [0.717, 1.165) is 41.0 Å². The molecule has 3 heterocycles. The largest absolute Gasteiger partial charge is 0.349 e. The number of allylic oxidation sites excluding steroid dienone is 2. The van der Waals surface area contributed by atoms with Crippen LogP contribution < -0.4 is 4.90 Å². The number of nitrogens with zero attached hydrogens (tertiary/aromatic N) is 4. The summed E-state index contributed by atoms with van der Waals surface area (Å²) in [5.41, 5.74) is 5.33. The molecule has 0 unspecified atom stereocenters. The monoisotopic (exact) mass is 600 g/mol. The molecule has 0 radical (unpaired) electrons. The van der Waals surface area contributed by atoms with Gasteiger partial charge in [-0.25, -0.2) is 0 Å². The second-order valence-corrected chi connectivity index (χ2v) is 12.0. The lowest BCUT2D eigenvalue weighted by atomic mass is 9.87. The first-order valence-corrected chi connectivity index (χ1v) is 14.9. The summed E-state index contributed by atoms with van der Waals surface area (Å²) in [5.74, 6) is -1.58. The maximum Gasteiger partial charge on any atom is 0.270 e. The molecule has 2 aliphatic heterocycles. The summed E-state index contributed by atoms with van der Waals surface area (Å²) in [6.45, 7) is 2.19. The van der Waals surface area contributed by atoms with Gasteiger partial charge in [0.25, 0.3) is 11.8 Å². The molecule has 3 aromatic rings. The second kappa shape index (κ2) is 11.8. The van der Waals surface area contributed by atoms with Gasteiger partial charge in [-0.05, 0) is 61.5 Å². The average Bonchev–Trinajstić information content (AvgIpc) is 3.65. The van der Waals surface area contributed by atoms with Crippen molar-refractivity contribution in [1.29, 1.82) is 0 Å². The number of fused-ring (bicyclic) bond motifs is 2. The highest BCUT2D eigenvalue weighted by Crippen LogP contribution is 2.43. The molecule has 1 aromatic heterocycles. The van der Waals surface area contributed by atoms with Crippen LogP contribution in [0.1, 0.15) is 40.2 Å². The minimum Gasteiger partial charge on any atom is -0.349 e. The van der Waals surface area contributed by atoms with Crippen LogP contribution in [0.4, 0.5) is 5.69 Å². The van der Waals surface area contributed by atoms with Crippen LogP contribution in [0.2, 0.25) is 0 Å². The first-order valence-electron chi connectivity index (χ1n) is 14.6. The Morgan fingerprint density at radius 2 is 1.65 bits per heavy atom. The Morgan fingerprint density at radius 3 is 2.35 bits per heavy atom. The Balaban J connectivity index is 1.38. The summed E-state index contributed by atoms with van der Waals surface area (Å²) in [4.78, 5) is 34.2. The zero-order valence-corrected chi connectivity index (χ0v) is 25.8. The summed E-state index contributed by atoms with van der Waals surface area (Å²) in [5, 5.41) is 0.472. The maximum absolute atomic E-state index is 14.6. The number of hydrogen-bond donors (Lipinski definition) is 0. The van der Waals surface area contributed by atoms with Gasteiger partial charge in [-0.2, -0.15) is 0 Å². The number of carbonyl (C=O) groups excluding carboxylic acids is 2. The van der Waals surface area contributed by atoms with Gasteiger partial charge in [0, 0.05) is 56.2 Å². The number of likely N-dealkylation sites (N-methyl/N-ethyl adjacent to an activating group) is 1. The van der Waals surface area contributed by atoms with E-state index >= 15 is 0 Å². The van der Waals surface area contributed by atoms with E-state index in [2.05, 4.69) is 19.0 Å². The van der Waals surface area contributed by atoms with E-state index in [9.17, 15) is 9.59 Å². The normalized spacial score (nSPS) is 19.7. The van der Waals surface area contributed by atoms with Crippen molar-refractivity contribution in [2.24, 2.45) is 0 Å². The number of likely N-dealkylation sites (tertiary alicyclic amines) is 1. The molecule has 224 valence electrons. The van der Waals surface area contributed by atoms with Gasteiger partial charge >= 0.3 is 0 Å². The molecule has 0 bridgehead atoms. The fourth-order valence-corrected chi connectivity index (χ4v) is 6.76. The molecule has 2 amide bonds. The number of carbonyl (C=O) groups is 2. The number of para-hydroxylation sites is 1. The molecule has 8 nitrogen and oxygen atoms in total. The van der Waals surface area contributed by atoms with Crippen LogP contribution in [0.5, 0.6) is 0 Å². The molecule has 0 spiro atoms. The molecule has 1 aliphatic carbocycles. The molecular formula is C34H37ClN4O4. The van der Waals surface area contributed by atoms with E-state index in [1.165, 1.54) is 0 Å². The molecule has 1 saturated heterocycles. The van der Waals surface area contributed by atoms with E-state index in [1.54, 1.807) is 25.2 Å². The molecular weight excluding hydrogens is 564 g/mol. The lowest BCUT2D eigenvalue weighted by Gasteiger charge is -2.38. The molecule has 1 fully saturated rings. The predicted molar refractivity (Wildman–Crippen MR) is 168 cm³/mol. The standard InChI is InChI=1S/C34H37ClN4O4/c1-36(2)25-16-17-37(21-25)33(41)31-15-14-26-22-39(30-13-9-8-12-24(30)20-38(26)31)32(40)28-18-29(35)27(19-34(28,42-3)43-4)23-10-6-5-7-11-23/h5-15,18,25H,16-17,19-22H2,1-4H3/t25-/m1/s1. The quantitative estimate of drug-likeness (QED) is 0.367. The van der Waals surface area contributed by atoms with E-state index in [1.807, 2.05) is 76.2 Å². The lowest BCUT2D eigenvalue weighted by molar-refractivity contribution is -0.178. The summed E-state index contributed by atoms with van der Waals surface area (Å²) < 4.78 is 14.0. The van der Waals surface area contributed by atoms with E-state index < -0.39 is 5.79 Å². The minimum atomic E-state index is -1.33. The fraction of sp³-hybridized carbons (Fsp3) is 0.353. The molecule has 3 aliphatic rings. The first-order chi connectivity index (χ1) is 20.8. The summed E-state index contributed by atoms with van der Waals surface area (Å²) in [7, 11) is 7.20. The van der Waals surface area contributed by atoms with Gasteiger partial charge in [-0.3, -0.25) is 9.59 Å². The highest BCUT2D eigenvalue weighted by atomic mass is 35.5. The van der Waals surface area contributed by atoms with Crippen molar-refractivity contribution in [3.05, 3.63) is 106 Å². The Kier molecular flexibility index (Phi) is 8.04. The Bertz CT molecular complexity index is 1610. The number of anilines is 1. The lowest BCUT2D eigenvalue weighted by Crippen LogP contribution is -2.46. The van der Waals surface area contributed by atoms with Crippen molar-refractivity contribution in [2.45, 2.75) is 37.8 Å². The number of rotatable bonds is 6. The third-order valence-electron chi connectivity index (χ3n) is 9.04. The predicted octanol–water partition coefficient (Wildman–Crippen LogP) is 5.13. The third-order valence-corrected chi connectivity index (χ3v) is 9.38. The van der Waals surface area contributed by atoms with Gasteiger partial charge in [0.05, 0.1) is 18.7 Å². The van der Waals surface area contributed by atoms with E-state index in [4.69, 9.17) is 21.1 Å². The number of halogens is 1. The number of benzene rings is 2. The van der Waals surface area contributed by atoms with Crippen LogP contribution in [0.15, 0.2) is 83.4 Å². The highest BCUT2D eigenvalue weighted by molar-refractivity contribution is 6.35. The minimum absolute atomic E-state index is 0.0194. The van der Waals surface area contributed by atoms with Crippen molar-refractivity contribution in [3.63, 3.8) is 0 Å². The van der Waals surface area contributed by atoms with Crippen LogP contribution in [0, 0.1) is 0 Å². The summed E-state index contributed by atoms with van der Waals surface area (Å²) in [6.07, 6.45) is 2.91. The Hall–Kier alpha value is -3.69. The summed E-state index contributed by atoms with van der Waals surface area (Å²) >= 11 is 6.85. The topological polar surface area (TPSA) is 67.2 Å². The molecule has 1 atom stereocenters. The number of methoxy groups -OCH3 is 2. The van der Waals surface area contributed by atoms with Gasteiger partial charge in [0.1, 0.15) is 5.69 Å².